The number of nitrogens with zero attached hydrogens (tertiary/aromatic N) is 3. The number of halogens is 1. The maximum absolute atomic E-state index is 5.83. The number of aromatic nitrogens is 3. The van der Waals surface area contributed by atoms with Gasteiger partial charge in [-0.2, -0.15) is 5.10 Å². The number of anilines is 1. The highest BCUT2D eigenvalue weighted by Crippen LogP contribution is 2.30. The molecule has 0 spiro atoms. The zero-order chi connectivity index (χ0) is 10.8. The fraction of sp³-hybridized carbons (Fsp3) is 0.200. The van der Waals surface area contributed by atoms with Gasteiger partial charge in [-0.1, -0.05) is 0 Å². The van der Waals surface area contributed by atoms with Gasteiger partial charge in [-0.25, -0.2) is 4.98 Å². The number of pyridine rings is 1. The number of hydrogen-bond donors (Lipinski definition) is 1. The maximum atomic E-state index is 5.83. The summed E-state index contributed by atoms with van der Waals surface area (Å²) in [6.07, 6.45) is 3.45. The van der Waals surface area contributed by atoms with Gasteiger partial charge in [0.1, 0.15) is 5.82 Å². The summed E-state index contributed by atoms with van der Waals surface area (Å²) in [5.74, 6) is 0.522. The Bertz CT molecular complexity index is 478. The molecule has 0 aliphatic rings. The minimum absolute atomic E-state index is 0.522. The van der Waals surface area contributed by atoms with Crippen LogP contribution in [0.15, 0.2) is 29.0 Å². The third-order valence-electron chi connectivity index (χ3n) is 2.19. The minimum Gasteiger partial charge on any atom is -0.383 e. The predicted molar refractivity (Wildman–Crippen MR) is 63.2 cm³/mol. The summed E-state index contributed by atoms with van der Waals surface area (Å²) in [5.41, 5.74) is 7.71. The molecule has 0 aliphatic heterocycles. The van der Waals surface area contributed by atoms with E-state index in [4.69, 9.17) is 5.73 Å². The first-order chi connectivity index (χ1) is 7.24. The Hall–Kier alpha value is -1.36. The van der Waals surface area contributed by atoms with E-state index >= 15 is 0 Å². The molecule has 0 radical (unpaired) electrons. The highest BCUT2D eigenvalue weighted by Gasteiger charge is 2.12. The Morgan fingerprint density at radius 2 is 2.33 bits per heavy atom. The second-order valence-electron chi connectivity index (χ2n) is 3.09. The van der Waals surface area contributed by atoms with Gasteiger partial charge in [-0.3, -0.25) is 4.68 Å². The summed E-state index contributed by atoms with van der Waals surface area (Å²) in [6.45, 7) is 2.84. The fourth-order valence-electron chi connectivity index (χ4n) is 1.49. The lowest BCUT2D eigenvalue weighted by molar-refractivity contribution is 0.667. The molecule has 2 aromatic rings. The molecule has 5 heteroatoms. The first-order valence-corrected chi connectivity index (χ1v) is 5.45. The van der Waals surface area contributed by atoms with Crippen LogP contribution in [0.25, 0.3) is 11.3 Å². The molecule has 0 unspecified atom stereocenters. The van der Waals surface area contributed by atoms with Gasteiger partial charge in [-0.15, -0.1) is 0 Å². The molecule has 4 nitrogen and oxygen atoms in total. The van der Waals surface area contributed by atoms with Crippen molar-refractivity contribution in [1.29, 1.82) is 0 Å². The molecule has 0 amide bonds. The first-order valence-electron chi connectivity index (χ1n) is 4.66. The van der Waals surface area contributed by atoms with Crippen LogP contribution in [0.1, 0.15) is 6.92 Å². The van der Waals surface area contributed by atoms with Crippen LogP contribution in [-0.4, -0.2) is 14.8 Å². The van der Waals surface area contributed by atoms with Crippen molar-refractivity contribution >= 4 is 21.7 Å². The van der Waals surface area contributed by atoms with E-state index in [0.717, 1.165) is 22.3 Å². The van der Waals surface area contributed by atoms with Gasteiger partial charge in [0, 0.05) is 18.3 Å². The van der Waals surface area contributed by atoms with Crippen molar-refractivity contribution in [3.63, 3.8) is 0 Å². The van der Waals surface area contributed by atoms with Crippen LogP contribution in [0.2, 0.25) is 0 Å². The van der Waals surface area contributed by atoms with E-state index < -0.39 is 0 Å². The van der Waals surface area contributed by atoms with Crippen molar-refractivity contribution in [2.45, 2.75) is 13.5 Å². The van der Waals surface area contributed by atoms with Crippen molar-refractivity contribution in [2.24, 2.45) is 0 Å². The first kappa shape index (κ1) is 10.2. The van der Waals surface area contributed by atoms with Crippen molar-refractivity contribution in [3.8, 4) is 11.3 Å². The number of aryl methyl sites for hydroxylation is 1. The Balaban J connectivity index is 2.63. The zero-order valence-corrected chi connectivity index (χ0v) is 9.90. The minimum atomic E-state index is 0.522. The van der Waals surface area contributed by atoms with Gasteiger partial charge in [0.2, 0.25) is 0 Å². The zero-order valence-electron chi connectivity index (χ0n) is 8.31. The lowest BCUT2D eigenvalue weighted by atomic mass is 10.2. The lowest BCUT2D eigenvalue weighted by Gasteiger charge is -2.07. The number of rotatable bonds is 2. The van der Waals surface area contributed by atoms with Crippen LogP contribution in [0.4, 0.5) is 5.82 Å². The van der Waals surface area contributed by atoms with E-state index in [-0.39, 0.29) is 0 Å². The molecule has 0 fully saturated rings. The SMILES string of the molecule is CCn1ncc(Br)c1-c1cccnc1N. The summed E-state index contributed by atoms with van der Waals surface area (Å²) in [7, 11) is 0. The monoisotopic (exact) mass is 266 g/mol. The molecule has 0 aliphatic carbocycles. The number of nitrogen functional groups attached to an aromatic ring is 1. The summed E-state index contributed by atoms with van der Waals surface area (Å²) in [4.78, 5) is 4.07. The van der Waals surface area contributed by atoms with E-state index in [1.165, 1.54) is 0 Å². The van der Waals surface area contributed by atoms with Gasteiger partial charge in [-0.05, 0) is 35.0 Å². The highest BCUT2D eigenvalue weighted by atomic mass is 79.9. The molecule has 2 aromatic heterocycles. The molecule has 78 valence electrons. The van der Waals surface area contributed by atoms with Crippen molar-refractivity contribution in [1.82, 2.24) is 14.8 Å². The third-order valence-corrected chi connectivity index (χ3v) is 2.77. The van der Waals surface area contributed by atoms with E-state index in [1.807, 2.05) is 23.7 Å². The van der Waals surface area contributed by atoms with Gasteiger partial charge in [0.25, 0.3) is 0 Å². The van der Waals surface area contributed by atoms with E-state index in [2.05, 4.69) is 26.0 Å². The molecule has 15 heavy (non-hydrogen) atoms. The fourth-order valence-corrected chi connectivity index (χ4v) is 2.00. The third kappa shape index (κ3) is 1.74. The Morgan fingerprint density at radius 3 is 3.00 bits per heavy atom. The summed E-state index contributed by atoms with van der Waals surface area (Å²) < 4.78 is 2.82. The molecule has 2 N–H and O–H groups in total. The molecule has 0 saturated carbocycles. The Labute approximate surface area is 96.3 Å². The van der Waals surface area contributed by atoms with Crippen LogP contribution >= 0.6 is 15.9 Å². The summed E-state index contributed by atoms with van der Waals surface area (Å²) in [6, 6.07) is 3.81. The van der Waals surface area contributed by atoms with Crippen LogP contribution in [0.3, 0.4) is 0 Å². The number of nitrogens with two attached hydrogens (primary N) is 1. The van der Waals surface area contributed by atoms with Gasteiger partial charge in [0.05, 0.1) is 16.4 Å². The second kappa shape index (κ2) is 4.02. The average molecular weight is 267 g/mol. The largest absolute Gasteiger partial charge is 0.383 e. The normalized spacial score (nSPS) is 10.5. The van der Waals surface area contributed by atoms with Gasteiger partial charge >= 0.3 is 0 Å². The van der Waals surface area contributed by atoms with E-state index in [9.17, 15) is 0 Å². The Morgan fingerprint density at radius 1 is 1.53 bits per heavy atom. The van der Waals surface area contributed by atoms with E-state index in [0.29, 0.717) is 5.82 Å². The van der Waals surface area contributed by atoms with Crippen LogP contribution in [0, 0.1) is 0 Å². The second-order valence-corrected chi connectivity index (χ2v) is 3.95. The smallest absolute Gasteiger partial charge is 0.132 e. The van der Waals surface area contributed by atoms with Crippen LogP contribution < -0.4 is 5.73 Å². The topological polar surface area (TPSA) is 56.7 Å². The summed E-state index contributed by atoms with van der Waals surface area (Å²) in [5, 5.41) is 4.24. The molecule has 0 atom stereocenters. The average Bonchev–Trinajstić information content (AvgIpc) is 2.60. The molecule has 0 saturated heterocycles. The van der Waals surface area contributed by atoms with Crippen molar-refractivity contribution < 1.29 is 0 Å². The summed E-state index contributed by atoms with van der Waals surface area (Å²) >= 11 is 3.46. The van der Waals surface area contributed by atoms with Crippen LogP contribution in [0.5, 0.6) is 0 Å². The number of hydrogen-bond acceptors (Lipinski definition) is 3. The molecule has 2 rings (SSSR count). The maximum Gasteiger partial charge on any atom is 0.132 e. The van der Waals surface area contributed by atoms with Gasteiger partial charge in [0.15, 0.2) is 0 Å². The highest BCUT2D eigenvalue weighted by molar-refractivity contribution is 9.10. The Kier molecular flexibility index (Phi) is 2.73. The van der Waals surface area contributed by atoms with Crippen molar-refractivity contribution in [2.75, 3.05) is 5.73 Å². The molecule has 0 aromatic carbocycles. The molecule has 0 bridgehead atoms. The van der Waals surface area contributed by atoms with E-state index in [1.54, 1.807) is 12.4 Å². The quantitative estimate of drug-likeness (QED) is 0.908. The van der Waals surface area contributed by atoms with Gasteiger partial charge < -0.3 is 5.73 Å². The molecular formula is C10H11BrN4. The predicted octanol–water partition coefficient (Wildman–Crippen LogP) is 2.31. The van der Waals surface area contributed by atoms with Crippen LogP contribution in [-0.2, 0) is 6.54 Å². The lowest BCUT2D eigenvalue weighted by Crippen LogP contribution is -2.02. The van der Waals surface area contributed by atoms with Crippen molar-refractivity contribution in [3.05, 3.63) is 29.0 Å². The molecular weight excluding hydrogens is 256 g/mol. The molecule has 2 heterocycles. The standard InChI is InChI=1S/C10H11BrN4/c1-2-15-9(8(11)6-14-15)7-4-3-5-13-10(7)12/h3-6H,2H2,1H3,(H2,12,13).